The normalized spacial score (nSPS) is 11.6. The van der Waals surface area contributed by atoms with Crippen molar-refractivity contribution >= 4 is 38.5 Å². The smallest absolute Gasteiger partial charge is 0.403 e. The van der Waals surface area contributed by atoms with Crippen LogP contribution in [-0.2, 0) is 5.33 Å². The molecule has 0 spiro atoms. The molecule has 0 unspecified atom stereocenters. The Morgan fingerprint density at radius 2 is 2.13 bits per heavy atom. The fraction of sp³-hybridized carbons (Fsp3) is 0.375. The Bertz CT molecular complexity index is 370. The van der Waals surface area contributed by atoms with Gasteiger partial charge in [-0.2, -0.15) is 0 Å². The van der Waals surface area contributed by atoms with Gasteiger partial charge in [0, 0.05) is 16.6 Å². The minimum Gasteiger partial charge on any atom is -0.403 e. The predicted molar refractivity (Wildman–Crippen MR) is 61.0 cm³/mol. The van der Waals surface area contributed by atoms with Gasteiger partial charge in [-0.1, -0.05) is 15.9 Å². The number of hydrogen-bond donors (Lipinski definition) is 0. The lowest BCUT2D eigenvalue weighted by Crippen LogP contribution is -2.19. The first-order chi connectivity index (χ1) is 6.83. The van der Waals surface area contributed by atoms with Crippen LogP contribution in [0.3, 0.4) is 0 Å². The molecule has 7 heteroatoms. The summed E-state index contributed by atoms with van der Waals surface area (Å²) >= 11 is 4.82. The number of ether oxygens (including phenoxy) is 1. The van der Waals surface area contributed by atoms with Crippen molar-refractivity contribution in [3.63, 3.8) is 0 Å². The summed E-state index contributed by atoms with van der Waals surface area (Å²) in [5, 5.41) is 0.289. The van der Waals surface area contributed by atoms with Gasteiger partial charge in [0.15, 0.2) is 5.75 Å². The number of nitrogens with zero attached hydrogens (tertiary/aromatic N) is 1. The van der Waals surface area contributed by atoms with Crippen LogP contribution < -0.4 is 4.74 Å². The van der Waals surface area contributed by atoms with Crippen LogP contribution in [0, 0.1) is 10.6 Å². The Morgan fingerprint density at radius 1 is 1.53 bits per heavy atom. The SMILES string of the molecule is Cc1cc(CBr)c(OC(F)(F)F)c(I)n1. The highest BCUT2D eigenvalue weighted by molar-refractivity contribution is 14.1. The number of pyridine rings is 1. The van der Waals surface area contributed by atoms with E-state index in [1.54, 1.807) is 35.6 Å². The molecule has 0 amide bonds. The highest BCUT2D eigenvalue weighted by Gasteiger charge is 2.33. The van der Waals surface area contributed by atoms with E-state index in [2.05, 4.69) is 25.7 Å². The maximum Gasteiger partial charge on any atom is 0.573 e. The Kier molecular flexibility index (Phi) is 4.21. The monoisotopic (exact) mass is 395 g/mol. The maximum atomic E-state index is 12.1. The van der Waals surface area contributed by atoms with Crippen LogP contribution in [0.1, 0.15) is 11.3 Å². The minimum atomic E-state index is -4.69. The molecule has 1 aromatic heterocycles. The largest absolute Gasteiger partial charge is 0.573 e. The molecule has 1 heterocycles. The van der Waals surface area contributed by atoms with Crippen molar-refractivity contribution in [1.29, 1.82) is 0 Å². The molecule has 0 radical (unpaired) electrons. The lowest BCUT2D eigenvalue weighted by atomic mass is 10.2. The quantitative estimate of drug-likeness (QED) is 0.432. The molecule has 1 rings (SSSR count). The molecule has 1 aromatic rings. The third-order valence-corrected chi connectivity index (χ3v) is 2.83. The zero-order chi connectivity index (χ0) is 11.6. The van der Waals surface area contributed by atoms with Gasteiger partial charge >= 0.3 is 6.36 Å². The molecule has 0 aromatic carbocycles. The van der Waals surface area contributed by atoms with Gasteiger partial charge < -0.3 is 4.74 Å². The molecule has 84 valence electrons. The van der Waals surface area contributed by atoms with Crippen molar-refractivity contribution in [3.8, 4) is 5.75 Å². The zero-order valence-electron chi connectivity index (χ0n) is 7.53. The molecular formula is C8H6BrF3INO. The lowest BCUT2D eigenvalue weighted by molar-refractivity contribution is -0.275. The van der Waals surface area contributed by atoms with Crippen molar-refractivity contribution in [2.24, 2.45) is 0 Å². The number of alkyl halides is 4. The topological polar surface area (TPSA) is 22.1 Å². The standard InChI is InChI=1S/C8H6BrF3INO/c1-4-2-5(3-9)6(7(13)14-4)15-8(10,11)12/h2H,3H2,1H3. The molecule has 0 saturated heterocycles. The first-order valence-corrected chi connectivity index (χ1v) is 6.01. The maximum absolute atomic E-state index is 12.1. The summed E-state index contributed by atoms with van der Waals surface area (Å²) in [6.45, 7) is 1.71. The number of halogens is 5. The van der Waals surface area contributed by atoms with Crippen LogP contribution in [0.2, 0.25) is 0 Å². The van der Waals surface area contributed by atoms with Crippen LogP contribution >= 0.6 is 38.5 Å². The van der Waals surface area contributed by atoms with E-state index >= 15 is 0 Å². The van der Waals surface area contributed by atoms with Crippen molar-refractivity contribution in [2.75, 3.05) is 0 Å². The van der Waals surface area contributed by atoms with Gasteiger partial charge in [0.2, 0.25) is 0 Å². The fourth-order valence-electron chi connectivity index (χ4n) is 1.01. The molecule has 15 heavy (non-hydrogen) atoms. The third kappa shape index (κ3) is 3.78. The summed E-state index contributed by atoms with van der Waals surface area (Å²) in [5.74, 6) is -0.231. The predicted octanol–water partition coefficient (Wildman–Crippen LogP) is 3.79. The van der Waals surface area contributed by atoms with Gasteiger partial charge in [-0.3, -0.25) is 0 Å². The number of aryl methyl sites for hydroxylation is 1. The van der Waals surface area contributed by atoms with Crippen molar-refractivity contribution < 1.29 is 17.9 Å². The molecule has 0 fully saturated rings. The molecule has 0 aliphatic carbocycles. The molecular weight excluding hydrogens is 390 g/mol. The molecule has 0 atom stereocenters. The summed E-state index contributed by atoms with van der Waals surface area (Å²) in [6.07, 6.45) is -4.69. The highest BCUT2D eigenvalue weighted by Crippen LogP contribution is 2.31. The molecule has 0 aliphatic heterocycles. The van der Waals surface area contributed by atoms with E-state index in [-0.39, 0.29) is 14.8 Å². The second-order valence-electron chi connectivity index (χ2n) is 2.72. The zero-order valence-corrected chi connectivity index (χ0v) is 11.3. The average molecular weight is 396 g/mol. The summed E-state index contributed by atoms with van der Waals surface area (Å²) in [7, 11) is 0. The van der Waals surface area contributed by atoms with Crippen LogP contribution in [0.15, 0.2) is 6.07 Å². The molecule has 0 saturated carbocycles. The van der Waals surface area contributed by atoms with Gasteiger partial charge in [-0.05, 0) is 35.6 Å². The van der Waals surface area contributed by atoms with Crippen molar-refractivity contribution in [1.82, 2.24) is 4.98 Å². The van der Waals surface area contributed by atoms with Gasteiger partial charge in [0.05, 0.1) is 0 Å². The second-order valence-corrected chi connectivity index (χ2v) is 4.31. The molecule has 0 N–H and O–H groups in total. The third-order valence-electron chi connectivity index (χ3n) is 1.50. The van der Waals surface area contributed by atoms with Crippen LogP contribution in [0.5, 0.6) is 5.75 Å². The van der Waals surface area contributed by atoms with E-state index in [4.69, 9.17) is 0 Å². The van der Waals surface area contributed by atoms with Gasteiger partial charge in [-0.15, -0.1) is 13.2 Å². The first kappa shape index (κ1) is 13.0. The van der Waals surface area contributed by atoms with E-state index in [0.717, 1.165) is 0 Å². The Balaban J connectivity index is 3.15. The first-order valence-electron chi connectivity index (χ1n) is 3.81. The Morgan fingerprint density at radius 3 is 2.60 bits per heavy atom. The summed E-state index contributed by atoms with van der Waals surface area (Å²) in [4.78, 5) is 3.91. The summed E-state index contributed by atoms with van der Waals surface area (Å²) < 4.78 is 40.3. The van der Waals surface area contributed by atoms with Crippen LogP contribution in [0.4, 0.5) is 13.2 Å². The number of aromatic nitrogens is 1. The Labute approximate surface area is 106 Å². The van der Waals surface area contributed by atoms with Crippen molar-refractivity contribution in [2.45, 2.75) is 18.6 Å². The Hall–Kier alpha value is -0.0500. The number of hydrogen-bond acceptors (Lipinski definition) is 2. The summed E-state index contributed by atoms with van der Waals surface area (Å²) in [5.41, 5.74) is 1.09. The minimum absolute atomic E-state index is 0.208. The van der Waals surface area contributed by atoms with E-state index in [1.165, 1.54) is 0 Å². The van der Waals surface area contributed by atoms with Crippen LogP contribution in [0.25, 0.3) is 0 Å². The highest BCUT2D eigenvalue weighted by atomic mass is 127. The number of rotatable bonds is 2. The second kappa shape index (κ2) is 4.86. The van der Waals surface area contributed by atoms with Gasteiger partial charge in [0.25, 0.3) is 0 Å². The summed E-state index contributed by atoms with van der Waals surface area (Å²) in [6, 6.07) is 1.55. The molecule has 2 nitrogen and oxygen atoms in total. The lowest BCUT2D eigenvalue weighted by Gasteiger charge is -2.13. The fourth-order valence-corrected chi connectivity index (χ4v) is 2.26. The van der Waals surface area contributed by atoms with E-state index in [0.29, 0.717) is 11.3 Å². The average Bonchev–Trinajstić information content (AvgIpc) is 2.07. The van der Waals surface area contributed by atoms with E-state index < -0.39 is 6.36 Å². The molecule has 0 aliphatic rings. The van der Waals surface area contributed by atoms with Crippen LogP contribution in [-0.4, -0.2) is 11.3 Å². The van der Waals surface area contributed by atoms with E-state index in [9.17, 15) is 13.2 Å². The molecule has 0 bridgehead atoms. The van der Waals surface area contributed by atoms with Gasteiger partial charge in [-0.25, -0.2) is 4.98 Å². The van der Waals surface area contributed by atoms with Gasteiger partial charge in [0.1, 0.15) is 3.70 Å². The van der Waals surface area contributed by atoms with Crippen molar-refractivity contribution in [3.05, 3.63) is 21.0 Å². The van der Waals surface area contributed by atoms with E-state index in [1.807, 2.05) is 0 Å².